The van der Waals surface area contributed by atoms with Crippen LogP contribution in [0.3, 0.4) is 0 Å². The number of halogens is 2. The number of hydrogen-bond donors (Lipinski definition) is 1. The Balaban J connectivity index is 2.17. The number of hydrogen-bond acceptors (Lipinski definition) is 4. The second kappa shape index (κ2) is 6.02. The van der Waals surface area contributed by atoms with E-state index >= 15 is 0 Å². The third-order valence-corrected chi connectivity index (χ3v) is 3.60. The number of esters is 1. The SMILES string of the molecule is CC(=O)Oc1c(C(=O)c2ccc(Cl)cn2)[nH]c2ccc(Cl)cc12. The molecule has 0 fully saturated rings. The number of nitrogens with one attached hydrogen (secondary N) is 1. The summed E-state index contributed by atoms with van der Waals surface area (Å²) in [6.45, 7) is 1.26. The predicted molar refractivity (Wildman–Crippen MR) is 87.3 cm³/mol. The van der Waals surface area contributed by atoms with E-state index in [0.717, 1.165) is 0 Å². The van der Waals surface area contributed by atoms with Crippen molar-refractivity contribution in [2.45, 2.75) is 6.92 Å². The van der Waals surface area contributed by atoms with Gasteiger partial charge in [-0.15, -0.1) is 0 Å². The van der Waals surface area contributed by atoms with Crippen molar-refractivity contribution in [1.82, 2.24) is 9.97 Å². The van der Waals surface area contributed by atoms with E-state index in [0.29, 0.717) is 20.9 Å². The highest BCUT2D eigenvalue weighted by Crippen LogP contribution is 2.33. The lowest BCUT2D eigenvalue weighted by molar-refractivity contribution is -0.131. The molecular weight excluding hydrogens is 339 g/mol. The second-order valence-electron chi connectivity index (χ2n) is 4.80. The Labute approximate surface area is 141 Å². The third-order valence-electron chi connectivity index (χ3n) is 3.15. The molecule has 0 aliphatic carbocycles. The zero-order valence-corrected chi connectivity index (χ0v) is 13.4. The van der Waals surface area contributed by atoms with Crippen molar-refractivity contribution in [3.05, 3.63) is 58.0 Å². The Hall–Kier alpha value is -2.37. The number of ether oxygens (including phenoxy) is 1. The summed E-state index contributed by atoms with van der Waals surface area (Å²) in [6, 6.07) is 8.06. The number of benzene rings is 1. The Bertz CT molecular complexity index is 917. The summed E-state index contributed by atoms with van der Waals surface area (Å²) in [5.41, 5.74) is 0.940. The Morgan fingerprint density at radius 2 is 1.87 bits per heavy atom. The molecule has 0 amide bonds. The van der Waals surface area contributed by atoms with Gasteiger partial charge in [-0.2, -0.15) is 0 Å². The summed E-state index contributed by atoms with van der Waals surface area (Å²) >= 11 is 11.8. The molecule has 1 N–H and O–H groups in total. The number of nitrogens with zero attached hydrogens (tertiary/aromatic N) is 1. The smallest absolute Gasteiger partial charge is 0.308 e. The molecule has 0 unspecified atom stereocenters. The second-order valence-corrected chi connectivity index (χ2v) is 5.68. The quantitative estimate of drug-likeness (QED) is 0.573. The zero-order chi connectivity index (χ0) is 16.6. The van der Waals surface area contributed by atoms with Crippen LogP contribution in [0.4, 0.5) is 0 Å². The topological polar surface area (TPSA) is 72.1 Å². The monoisotopic (exact) mass is 348 g/mol. The van der Waals surface area contributed by atoms with Gasteiger partial charge in [0, 0.05) is 29.0 Å². The maximum atomic E-state index is 12.7. The maximum absolute atomic E-state index is 12.7. The van der Waals surface area contributed by atoms with E-state index in [2.05, 4.69) is 9.97 Å². The van der Waals surface area contributed by atoms with Gasteiger partial charge in [-0.3, -0.25) is 14.6 Å². The van der Waals surface area contributed by atoms with Gasteiger partial charge in [0.15, 0.2) is 5.75 Å². The molecule has 2 heterocycles. The Morgan fingerprint density at radius 3 is 2.52 bits per heavy atom. The standard InChI is InChI=1S/C16H10Cl2N2O3/c1-8(21)23-16-11-6-9(17)2-4-12(11)20-14(16)15(22)13-5-3-10(18)7-19-13/h2-7,20H,1H3. The number of carbonyl (C=O) groups is 2. The molecule has 116 valence electrons. The number of aromatic amines is 1. The van der Waals surface area contributed by atoms with Crippen molar-refractivity contribution in [2.75, 3.05) is 0 Å². The molecule has 0 bridgehead atoms. The fraction of sp³-hybridized carbons (Fsp3) is 0.0625. The summed E-state index contributed by atoms with van der Waals surface area (Å²) < 4.78 is 5.22. The fourth-order valence-electron chi connectivity index (χ4n) is 2.19. The highest BCUT2D eigenvalue weighted by Gasteiger charge is 2.23. The van der Waals surface area contributed by atoms with E-state index < -0.39 is 11.8 Å². The normalized spacial score (nSPS) is 10.7. The maximum Gasteiger partial charge on any atom is 0.308 e. The van der Waals surface area contributed by atoms with Crippen LogP contribution in [0.5, 0.6) is 5.75 Å². The first-order valence-electron chi connectivity index (χ1n) is 6.61. The first-order valence-corrected chi connectivity index (χ1v) is 7.37. The van der Waals surface area contributed by atoms with Crippen LogP contribution in [0, 0.1) is 0 Å². The largest absolute Gasteiger partial charge is 0.424 e. The van der Waals surface area contributed by atoms with E-state index in [-0.39, 0.29) is 17.1 Å². The molecule has 5 nitrogen and oxygen atoms in total. The summed E-state index contributed by atoms with van der Waals surface area (Å²) in [5, 5.41) is 1.43. The lowest BCUT2D eigenvalue weighted by Crippen LogP contribution is -2.09. The van der Waals surface area contributed by atoms with Crippen LogP contribution in [0.25, 0.3) is 10.9 Å². The number of aromatic nitrogens is 2. The predicted octanol–water partition coefficient (Wildman–Crippen LogP) is 4.03. The zero-order valence-electron chi connectivity index (χ0n) is 11.9. The van der Waals surface area contributed by atoms with Gasteiger partial charge >= 0.3 is 5.97 Å². The minimum absolute atomic E-state index is 0.132. The summed E-state index contributed by atoms with van der Waals surface area (Å²) in [4.78, 5) is 31.0. The van der Waals surface area contributed by atoms with E-state index in [4.69, 9.17) is 27.9 Å². The van der Waals surface area contributed by atoms with Gasteiger partial charge < -0.3 is 9.72 Å². The fourth-order valence-corrected chi connectivity index (χ4v) is 2.47. The Kier molecular flexibility index (Phi) is 4.07. The highest BCUT2D eigenvalue weighted by atomic mass is 35.5. The van der Waals surface area contributed by atoms with Crippen molar-refractivity contribution >= 4 is 45.9 Å². The highest BCUT2D eigenvalue weighted by molar-refractivity contribution is 6.31. The van der Waals surface area contributed by atoms with Crippen molar-refractivity contribution in [3.8, 4) is 5.75 Å². The molecule has 23 heavy (non-hydrogen) atoms. The third kappa shape index (κ3) is 3.06. The molecule has 0 atom stereocenters. The van der Waals surface area contributed by atoms with E-state index in [9.17, 15) is 9.59 Å². The molecule has 3 aromatic rings. The first-order chi connectivity index (χ1) is 11.0. The van der Waals surface area contributed by atoms with Gasteiger partial charge in [0.25, 0.3) is 0 Å². The molecule has 2 aromatic heterocycles. The van der Waals surface area contributed by atoms with Gasteiger partial charge in [0.1, 0.15) is 11.4 Å². The lowest BCUT2D eigenvalue weighted by atomic mass is 10.1. The molecule has 7 heteroatoms. The molecular formula is C16H10Cl2N2O3. The number of carbonyl (C=O) groups excluding carboxylic acids is 2. The van der Waals surface area contributed by atoms with Crippen LogP contribution in [0.15, 0.2) is 36.5 Å². The number of rotatable bonds is 3. The average Bonchev–Trinajstić information content (AvgIpc) is 2.85. The van der Waals surface area contributed by atoms with Gasteiger partial charge in [0.2, 0.25) is 5.78 Å². The van der Waals surface area contributed by atoms with Crippen LogP contribution >= 0.6 is 23.2 Å². The minimum Gasteiger partial charge on any atom is -0.424 e. The van der Waals surface area contributed by atoms with E-state index in [1.807, 2.05) is 0 Å². The van der Waals surface area contributed by atoms with Crippen molar-refractivity contribution in [2.24, 2.45) is 0 Å². The van der Waals surface area contributed by atoms with Crippen LogP contribution in [-0.2, 0) is 4.79 Å². The number of H-pyrrole nitrogens is 1. The first kappa shape index (κ1) is 15.5. The molecule has 0 aliphatic rings. The van der Waals surface area contributed by atoms with Crippen LogP contribution < -0.4 is 4.74 Å². The Morgan fingerprint density at radius 1 is 1.13 bits per heavy atom. The molecule has 0 radical (unpaired) electrons. The van der Waals surface area contributed by atoms with Crippen LogP contribution in [0.2, 0.25) is 10.0 Å². The average molecular weight is 349 g/mol. The van der Waals surface area contributed by atoms with Gasteiger partial charge in [-0.1, -0.05) is 23.2 Å². The molecule has 0 spiro atoms. The van der Waals surface area contributed by atoms with Gasteiger partial charge in [0.05, 0.1) is 5.02 Å². The van der Waals surface area contributed by atoms with Crippen LogP contribution in [0.1, 0.15) is 23.1 Å². The molecule has 0 saturated carbocycles. The van der Waals surface area contributed by atoms with Crippen LogP contribution in [-0.4, -0.2) is 21.7 Å². The van der Waals surface area contributed by atoms with Gasteiger partial charge in [-0.25, -0.2) is 0 Å². The number of ketones is 1. The summed E-state index contributed by atoms with van der Waals surface area (Å²) in [6.07, 6.45) is 1.37. The van der Waals surface area contributed by atoms with E-state index in [1.165, 1.54) is 19.2 Å². The van der Waals surface area contributed by atoms with Crippen molar-refractivity contribution < 1.29 is 14.3 Å². The molecule has 0 saturated heterocycles. The lowest BCUT2D eigenvalue weighted by Gasteiger charge is -2.04. The number of fused-ring (bicyclic) bond motifs is 1. The van der Waals surface area contributed by atoms with Crippen molar-refractivity contribution in [3.63, 3.8) is 0 Å². The number of pyridine rings is 1. The molecule has 1 aromatic carbocycles. The van der Waals surface area contributed by atoms with Gasteiger partial charge in [-0.05, 0) is 30.3 Å². The summed E-state index contributed by atoms with van der Waals surface area (Å²) in [5.74, 6) is -0.814. The molecule has 3 rings (SSSR count). The van der Waals surface area contributed by atoms with E-state index in [1.54, 1.807) is 24.3 Å². The van der Waals surface area contributed by atoms with Crippen molar-refractivity contribution in [1.29, 1.82) is 0 Å². The minimum atomic E-state index is -0.538. The summed E-state index contributed by atoms with van der Waals surface area (Å²) in [7, 11) is 0. The molecule has 0 aliphatic heterocycles.